The summed E-state index contributed by atoms with van der Waals surface area (Å²) >= 11 is 0. The van der Waals surface area contributed by atoms with E-state index in [9.17, 15) is 14.9 Å². The summed E-state index contributed by atoms with van der Waals surface area (Å²) in [6.07, 6.45) is 0.633. The number of fused-ring (bicyclic) bond motifs is 3. The van der Waals surface area contributed by atoms with Crippen LogP contribution in [0.1, 0.15) is 21.6 Å². The van der Waals surface area contributed by atoms with Crippen LogP contribution in [0.2, 0.25) is 0 Å². The summed E-state index contributed by atoms with van der Waals surface area (Å²) in [6.45, 7) is 0.790. The van der Waals surface area contributed by atoms with E-state index in [0.29, 0.717) is 19.5 Å². The van der Waals surface area contributed by atoms with Crippen molar-refractivity contribution in [2.45, 2.75) is 13.0 Å². The van der Waals surface area contributed by atoms with Crippen molar-refractivity contribution < 1.29 is 23.9 Å². The van der Waals surface area contributed by atoms with Gasteiger partial charge in [0, 0.05) is 47.7 Å². The molecule has 3 aromatic rings. The van der Waals surface area contributed by atoms with Crippen LogP contribution < -0.4 is 14.2 Å². The van der Waals surface area contributed by atoms with Crippen molar-refractivity contribution >= 4 is 22.5 Å². The fourth-order valence-electron chi connectivity index (χ4n) is 4.00. The van der Waals surface area contributed by atoms with E-state index >= 15 is 0 Å². The average molecular weight is 411 g/mol. The summed E-state index contributed by atoms with van der Waals surface area (Å²) in [6, 6.07) is 9.23. The molecule has 1 aromatic heterocycles. The molecule has 0 fully saturated rings. The standard InChI is InChI=1S/C21H21N3O6/c1-28-17-10-13(18(24(26)27)20(30-3)19(17)29-2)21(25)23-9-8-16-14(11-23)12-6-4-5-7-15(12)22-16/h4-7,10,22H,8-9,11H2,1-3H3. The number of hydrogen-bond donors (Lipinski definition) is 1. The summed E-state index contributed by atoms with van der Waals surface area (Å²) in [5, 5.41) is 12.9. The second-order valence-electron chi connectivity index (χ2n) is 6.90. The number of aromatic amines is 1. The first-order valence-corrected chi connectivity index (χ1v) is 9.35. The third-order valence-electron chi connectivity index (χ3n) is 5.39. The molecule has 0 spiro atoms. The van der Waals surface area contributed by atoms with Crippen molar-refractivity contribution in [3.05, 3.63) is 57.3 Å². The topological polar surface area (TPSA) is 107 Å². The number of amides is 1. The summed E-state index contributed by atoms with van der Waals surface area (Å²) in [4.78, 5) is 29.6. The molecule has 9 nitrogen and oxygen atoms in total. The number of benzene rings is 2. The minimum Gasteiger partial charge on any atom is -0.493 e. The highest BCUT2D eigenvalue weighted by Gasteiger charge is 2.35. The number of nitro benzene ring substituents is 1. The van der Waals surface area contributed by atoms with Crippen LogP contribution in [0.25, 0.3) is 10.9 Å². The van der Waals surface area contributed by atoms with Gasteiger partial charge >= 0.3 is 5.69 Å². The Balaban J connectivity index is 1.79. The van der Waals surface area contributed by atoms with Gasteiger partial charge in [0.2, 0.25) is 11.5 Å². The molecule has 1 aliphatic heterocycles. The largest absolute Gasteiger partial charge is 0.493 e. The van der Waals surface area contributed by atoms with E-state index in [1.807, 2.05) is 24.3 Å². The van der Waals surface area contributed by atoms with Crippen molar-refractivity contribution in [1.82, 2.24) is 9.88 Å². The number of H-pyrrole nitrogens is 1. The van der Waals surface area contributed by atoms with Gasteiger partial charge in [-0.25, -0.2) is 0 Å². The number of carbonyl (C=O) groups is 1. The molecule has 1 aliphatic rings. The van der Waals surface area contributed by atoms with E-state index in [1.165, 1.54) is 27.4 Å². The minimum atomic E-state index is -0.630. The lowest BCUT2D eigenvalue weighted by atomic mass is 10.0. The lowest BCUT2D eigenvalue weighted by molar-refractivity contribution is -0.386. The van der Waals surface area contributed by atoms with Gasteiger partial charge in [-0.1, -0.05) is 18.2 Å². The maximum absolute atomic E-state index is 13.4. The number of methoxy groups -OCH3 is 3. The lowest BCUT2D eigenvalue weighted by Crippen LogP contribution is -2.36. The second kappa shape index (κ2) is 7.58. The molecule has 30 heavy (non-hydrogen) atoms. The van der Waals surface area contributed by atoms with Crippen LogP contribution in [0, 0.1) is 10.1 Å². The van der Waals surface area contributed by atoms with Gasteiger partial charge in [0.25, 0.3) is 5.91 Å². The summed E-state index contributed by atoms with van der Waals surface area (Å²) in [5.41, 5.74) is 2.58. The van der Waals surface area contributed by atoms with E-state index < -0.39 is 16.5 Å². The number of para-hydroxylation sites is 1. The van der Waals surface area contributed by atoms with Crippen LogP contribution in [0.3, 0.4) is 0 Å². The second-order valence-corrected chi connectivity index (χ2v) is 6.90. The Morgan fingerprint density at radius 2 is 1.87 bits per heavy atom. The molecule has 0 saturated carbocycles. The molecule has 0 saturated heterocycles. The van der Waals surface area contributed by atoms with Gasteiger partial charge in [0.05, 0.1) is 26.3 Å². The van der Waals surface area contributed by atoms with Gasteiger partial charge < -0.3 is 24.1 Å². The Morgan fingerprint density at radius 3 is 2.53 bits per heavy atom. The molecule has 2 aromatic carbocycles. The fraction of sp³-hybridized carbons (Fsp3) is 0.286. The molecule has 0 aliphatic carbocycles. The van der Waals surface area contributed by atoms with Crippen LogP contribution in [0.15, 0.2) is 30.3 Å². The van der Waals surface area contributed by atoms with Crippen molar-refractivity contribution in [2.24, 2.45) is 0 Å². The smallest absolute Gasteiger partial charge is 0.327 e. The number of rotatable bonds is 5. The molecule has 0 unspecified atom stereocenters. The molecule has 0 radical (unpaired) electrons. The van der Waals surface area contributed by atoms with Gasteiger partial charge in [-0.2, -0.15) is 0 Å². The first kappa shape index (κ1) is 19.6. The van der Waals surface area contributed by atoms with E-state index in [2.05, 4.69) is 4.98 Å². The highest BCUT2D eigenvalue weighted by molar-refractivity contribution is 6.01. The van der Waals surface area contributed by atoms with Crippen LogP contribution in [-0.2, 0) is 13.0 Å². The van der Waals surface area contributed by atoms with Gasteiger partial charge in [0.15, 0.2) is 5.75 Å². The molecule has 0 bridgehead atoms. The van der Waals surface area contributed by atoms with Gasteiger partial charge in [0.1, 0.15) is 5.56 Å². The maximum atomic E-state index is 13.4. The maximum Gasteiger partial charge on any atom is 0.327 e. The number of ether oxygens (including phenoxy) is 3. The minimum absolute atomic E-state index is 0.0702. The Bertz CT molecular complexity index is 1150. The molecule has 0 atom stereocenters. The Kier molecular flexibility index (Phi) is 4.94. The molecule has 4 rings (SSSR count). The Hall–Kier alpha value is -3.75. The molecule has 1 amide bonds. The number of carbonyl (C=O) groups excluding carboxylic acids is 1. The number of hydrogen-bond acceptors (Lipinski definition) is 6. The third kappa shape index (κ3) is 2.99. The van der Waals surface area contributed by atoms with Crippen LogP contribution in [-0.4, -0.2) is 48.6 Å². The van der Waals surface area contributed by atoms with Crippen LogP contribution >= 0.6 is 0 Å². The molecule has 1 N–H and O–H groups in total. The van der Waals surface area contributed by atoms with Crippen molar-refractivity contribution in [2.75, 3.05) is 27.9 Å². The van der Waals surface area contributed by atoms with Gasteiger partial charge in [-0.05, 0) is 6.07 Å². The van der Waals surface area contributed by atoms with E-state index in [1.54, 1.807) is 4.90 Å². The molecule has 9 heteroatoms. The van der Waals surface area contributed by atoms with Crippen LogP contribution in [0.5, 0.6) is 17.2 Å². The summed E-state index contributed by atoms with van der Waals surface area (Å²) < 4.78 is 15.7. The predicted octanol–water partition coefficient (Wildman–Crippen LogP) is 3.30. The zero-order valence-electron chi connectivity index (χ0n) is 16.9. The highest BCUT2D eigenvalue weighted by atomic mass is 16.6. The molecular formula is C21H21N3O6. The van der Waals surface area contributed by atoms with Crippen molar-refractivity contribution in [3.8, 4) is 17.2 Å². The summed E-state index contributed by atoms with van der Waals surface area (Å²) in [7, 11) is 4.04. The first-order chi connectivity index (χ1) is 14.5. The monoisotopic (exact) mass is 411 g/mol. The zero-order valence-corrected chi connectivity index (χ0v) is 16.9. The molecule has 156 valence electrons. The number of nitro groups is 1. The Labute approximate surface area is 172 Å². The lowest BCUT2D eigenvalue weighted by Gasteiger charge is -2.27. The number of nitrogens with one attached hydrogen (secondary N) is 1. The SMILES string of the molecule is COc1cc(C(=O)N2CCc3[nH]c4ccccc4c3C2)c([N+](=O)[O-])c(OC)c1OC. The molecular weight excluding hydrogens is 390 g/mol. The first-order valence-electron chi connectivity index (χ1n) is 9.35. The third-order valence-corrected chi connectivity index (χ3v) is 5.39. The van der Waals surface area contributed by atoms with Crippen molar-refractivity contribution in [3.63, 3.8) is 0 Å². The molecule has 2 heterocycles. The zero-order chi connectivity index (χ0) is 21.4. The van der Waals surface area contributed by atoms with E-state index in [-0.39, 0.29) is 22.8 Å². The van der Waals surface area contributed by atoms with Crippen molar-refractivity contribution in [1.29, 1.82) is 0 Å². The summed E-state index contributed by atoms with van der Waals surface area (Å²) in [5.74, 6) is -0.347. The van der Waals surface area contributed by atoms with Crippen LogP contribution in [0.4, 0.5) is 5.69 Å². The van der Waals surface area contributed by atoms with E-state index in [4.69, 9.17) is 14.2 Å². The quantitative estimate of drug-likeness (QED) is 0.510. The Morgan fingerprint density at radius 1 is 1.13 bits per heavy atom. The predicted molar refractivity (Wildman–Crippen MR) is 109 cm³/mol. The van der Waals surface area contributed by atoms with E-state index in [0.717, 1.165) is 22.2 Å². The van der Waals surface area contributed by atoms with Gasteiger partial charge in [-0.3, -0.25) is 14.9 Å². The fourth-order valence-corrected chi connectivity index (χ4v) is 4.00. The number of aromatic nitrogens is 1. The number of nitrogens with zero attached hydrogens (tertiary/aromatic N) is 2. The van der Waals surface area contributed by atoms with Gasteiger partial charge in [-0.15, -0.1) is 0 Å². The average Bonchev–Trinajstić information content (AvgIpc) is 3.14. The highest BCUT2D eigenvalue weighted by Crippen LogP contribution is 2.46. The normalized spacial score (nSPS) is 13.1.